The summed E-state index contributed by atoms with van der Waals surface area (Å²) in [5.41, 5.74) is 10.6. The van der Waals surface area contributed by atoms with Crippen molar-refractivity contribution in [3.8, 4) is 45.5 Å². The molecule has 0 unspecified atom stereocenters. The van der Waals surface area contributed by atoms with Crippen LogP contribution in [0.25, 0.3) is 111 Å². The van der Waals surface area contributed by atoms with E-state index in [1.54, 1.807) is 0 Å². The maximum atomic E-state index is 6.27. The number of hydrogen-bond donors (Lipinski definition) is 0. The van der Waals surface area contributed by atoms with Crippen molar-refractivity contribution in [3.05, 3.63) is 182 Å². The summed E-state index contributed by atoms with van der Waals surface area (Å²) in [5.74, 6) is 1.78. The first kappa shape index (κ1) is 31.5. The Morgan fingerprint density at radius 2 is 1.04 bits per heavy atom. The highest BCUT2D eigenvalue weighted by molar-refractivity contribution is 6.13. The Bertz CT molecular complexity index is 3470. The van der Waals surface area contributed by atoms with Crippen LogP contribution in [0.2, 0.25) is 0 Å². The fourth-order valence-electron chi connectivity index (χ4n) is 8.50. The van der Waals surface area contributed by atoms with Crippen molar-refractivity contribution in [3.63, 3.8) is 0 Å². The second-order valence-corrected chi connectivity index (χ2v) is 14.3. The molecule has 0 saturated heterocycles. The summed E-state index contributed by atoms with van der Waals surface area (Å²) in [7, 11) is 0. The number of hydrogen-bond acceptors (Lipinski definition) is 5. The molecule has 5 aromatic heterocycles. The molecule has 7 aromatic carbocycles. The molecule has 57 heavy (non-hydrogen) atoms. The highest BCUT2D eigenvalue weighted by atomic mass is 16.3. The van der Waals surface area contributed by atoms with Crippen molar-refractivity contribution in [1.82, 2.24) is 29.1 Å². The summed E-state index contributed by atoms with van der Waals surface area (Å²) in [6, 6.07) is 60.8. The third-order valence-electron chi connectivity index (χ3n) is 11.0. The first-order valence-corrected chi connectivity index (χ1v) is 19.0. The van der Waals surface area contributed by atoms with Crippen molar-refractivity contribution >= 4 is 65.7 Å². The lowest BCUT2D eigenvalue weighted by atomic mass is 10.1. The molecule has 0 aliphatic carbocycles. The minimum atomic E-state index is 0.587. The average molecular weight is 731 g/mol. The SMILES string of the molecule is c1ccc(-c2nc(-c3ccc4c5ccc(-n6c7ccccc7c7cccnc76)cc5n(-c5ccccc5)c4c3)nc(-c3cccc4oc5ccccc5c34)n2)cc1. The highest BCUT2D eigenvalue weighted by Crippen LogP contribution is 2.39. The van der Waals surface area contributed by atoms with Gasteiger partial charge in [-0.3, -0.25) is 4.57 Å². The predicted octanol–water partition coefficient (Wildman–Crippen LogP) is 12.4. The Morgan fingerprint density at radius 1 is 0.386 bits per heavy atom. The first-order valence-electron chi connectivity index (χ1n) is 19.0. The van der Waals surface area contributed by atoms with Crippen LogP contribution in [0.4, 0.5) is 0 Å². The molecule has 0 spiro atoms. The largest absolute Gasteiger partial charge is 0.456 e. The van der Waals surface area contributed by atoms with Crippen LogP contribution in [0.5, 0.6) is 0 Å². The number of benzene rings is 7. The summed E-state index contributed by atoms with van der Waals surface area (Å²) < 4.78 is 10.9. The first-order chi connectivity index (χ1) is 28.3. The Morgan fingerprint density at radius 3 is 1.89 bits per heavy atom. The maximum absolute atomic E-state index is 6.27. The molecule has 7 heteroatoms. The van der Waals surface area contributed by atoms with E-state index >= 15 is 0 Å². The molecule has 0 fully saturated rings. The van der Waals surface area contributed by atoms with Crippen molar-refractivity contribution in [2.24, 2.45) is 0 Å². The van der Waals surface area contributed by atoms with Crippen LogP contribution in [-0.2, 0) is 0 Å². The molecule has 266 valence electrons. The number of rotatable bonds is 5. The summed E-state index contributed by atoms with van der Waals surface area (Å²) in [6.07, 6.45) is 1.87. The smallest absolute Gasteiger partial charge is 0.164 e. The average Bonchev–Trinajstić information content (AvgIpc) is 3.94. The van der Waals surface area contributed by atoms with Crippen LogP contribution in [-0.4, -0.2) is 29.1 Å². The van der Waals surface area contributed by atoms with Crippen molar-refractivity contribution < 1.29 is 4.42 Å². The molecule has 12 aromatic rings. The second-order valence-electron chi connectivity index (χ2n) is 14.3. The quantitative estimate of drug-likeness (QED) is 0.176. The fraction of sp³-hybridized carbons (Fsp3) is 0. The molecule has 7 nitrogen and oxygen atoms in total. The van der Waals surface area contributed by atoms with Crippen molar-refractivity contribution in [1.29, 1.82) is 0 Å². The van der Waals surface area contributed by atoms with Crippen LogP contribution < -0.4 is 0 Å². The number of furan rings is 1. The van der Waals surface area contributed by atoms with Crippen LogP contribution in [0.3, 0.4) is 0 Å². The Kier molecular flexibility index (Phi) is 6.79. The zero-order valence-corrected chi connectivity index (χ0v) is 30.4. The molecule has 0 radical (unpaired) electrons. The van der Waals surface area contributed by atoms with E-state index in [2.05, 4.69) is 118 Å². The number of pyridine rings is 1. The Labute approximate surface area is 325 Å². The van der Waals surface area contributed by atoms with E-state index in [9.17, 15) is 0 Å². The fourth-order valence-corrected chi connectivity index (χ4v) is 8.50. The predicted molar refractivity (Wildman–Crippen MR) is 230 cm³/mol. The van der Waals surface area contributed by atoms with Gasteiger partial charge in [0.2, 0.25) is 0 Å². The molecule has 0 saturated carbocycles. The van der Waals surface area contributed by atoms with Crippen molar-refractivity contribution in [2.75, 3.05) is 0 Å². The Balaban J connectivity index is 1.10. The number of nitrogens with zero attached hydrogens (tertiary/aromatic N) is 6. The van der Waals surface area contributed by atoms with Crippen LogP contribution >= 0.6 is 0 Å². The molecular weight excluding hydrogens is 701 g/mol. The van der Waals surface area contributed by atoms with E-state index in [1.807, 2.05) is 72.9 Å². The lowest BCUT2D eigenvalue weighted by molar-refractivity contribution is 0.669. The topological polar surface area (TPSA) is 74.6 Å². The molecule has 0 N–H and O–H groups in total. The van der Waals surface area contributed by atoms with Gasteiger partial charge in [0.1, 0.15) is 16.8 Å². The van der Waals surface area contributed by atoms with Crippen LogP contribution in [0.15, 0.2) is 187 Å². The normalized spacial score (nSPS) is 11.9. The van der Waals surface area contributed by atoms with Gasteiger partial charge < -0.3 is 8.98 Å². The van der Waals surface area contributed by atoms with Gasteiger partial charge in [-0.1, -0.05) is 115 Å². The van der Waals surface area contributed by atoms with Crippen LogP contribution in [0, 0.1) is 0 Å². The summed E-state index contributed by atoms with van der Waals surface area (Å²) in [6.45, 7) is 0. The monoisotopic (exact) mass is 730 g/mol. The molecule has 0 aliphatic rings. The van der Waals surface area contributed by atoms with Gasteiger partial charge in [0.25, 0.3) is 0 Å². The lowest BCUT2D eigenvalue weighted by Gasteiger charge is -2.11. The summed E-state index contributed by atoms with van der Waals surface area (Å²) >= 11 is 0. The second kappa shape index (κ2) is 12.3. The van der Waals surface area contributed by atoms with E-state index < -0.39 is 0 Å². The number of para-hydroxylation sites is 3. The minimum absolute atomic E-state index is 0.587. The standard InChI is InChI=1S/C50H30N6O/c1-3-13-31(14-4-1)47-52-48(54-49(53-47)40-19-11-23-45-46(40)39-18-8-10-22-44(39)57-45)32-24-26-36-37-27-25-34(30-43(37)55(42(36)29-32)33-15-5-2-6-16-33)56-41-21-9-7-17-35(41)38-20-12-28-51-50(38)56/h1-30H. The van der Waals surface area contributed by atoms with Gasteiger partial charge in [-0.05, 0) is 60.7 Å². The van der Waals surface area contributed by atoms with Crippen molar-refractivity contribution in [2.45, 2.75) is 0 Å². The van der Waals surface area contributed by atoms with Gasteiger partial charge in [-0.25, -0.2) is 19.9 Å². The van der Waals surface area contributed by atoms with Gasteiger partial charge in [0.05, 0.1) is 16.6 Å². The lowest BCUT2D eigenvalue weighted by Crippen LogP contribution is -2.01. The number of fused-ring (bicyclic) bond motifs is 9. The van der Waals surface area contributed by atoms with E-state index in [4.69, 9.17) is 24.4 Å². The molecule has 12 rings (SSSR count). The molecule has 0 amide bonds. The molecule has 0 bridgehead atoms. The zero-order chi connectivity index (χ0) is 37.5. The third-order valence-corrected chi connectivity index (χ3v) is 11.0. The summed E-state index contributed by atoms with van der Waals surface area (Å²) in [4.78, 5) is 20.3. The summed E-state index contributed by atoms with van der Waals surface area (Å²) in [5, 5.41) is 6.60. The third kappa shape index (κ3) is 4.86. The highest BCUT2D eigenvalue weighted by Gasteiger charge is 2.21. The van der Waals surface area contributed by atoms with Gasteiger partial charge in [0.15, 0.2) is 17.5 Å². The van der Waals surface area contributed by atoms with E-state index in [1.165, 1.54) is 5.39 Å². The van der Waals surface area contributed by atoms with Gasteiger partial charge in [0, 0.05) is 66.6 Å². The van der Waals surface area contributed by atoms with E-state index in [0.29, 0.717) is 17.5 Å². The molecule has 0 aliphatic heterocycles. The van der Waals surface area contributed by atoms with E-state index in [-0.39, 0.29) is 0 Å². The Hall–Kier alpha value is -7.90. The van der Waals surface area contributed by atoms with E-state index in [0.717, 1.165) is 88.4 Å². The zero-order valence-electron chi connectivity index (χ0n) is 30.4. The molecular formula is C50H30N6O. The maximum Gasteiger partial charge on any atom is 0.164 e. The van der Waals surface area contributed by atoms with Crippen LogP contribution in [0.1, 0.15) is 0 Å². The molecule has 5 heterocycles. The number of aromatic nitrogens is 6. The molecule has 0 atom stereocenters. The minimum Gasteiger partial charge on any atom is -0.456 e. The van der Waals surface area contributed by atoms with Gasteiger partial charge in [-0.2, -0.15) is 0 Å². The van der Waals surface area contributed by atoms with Gasteiger partial charge in [-0.15, -0.1) is 0 Å². The van der Waals surface area contributed by atoms with Gasteiger partial charge >= 0.3 is 0 Å².